The lowest BCUT2D eigenvalue weighted by Gasteiger charge is -2.09. The maximum atomic E-state index is 13.7. The summed E-state index contributed by atoms with van der Waals surface area (Å²) in [7, 11) is 1.47. The fraction of sp³-hybridized carbons (Fsp3) is 0.0714. The van der Waals surface area contributed by atoms with Crippen LogP contribution in [0.4, 0.5) is 10.1 Å². The Kier molecular flexibility index (Phi) is 4.67. The highest BCUT2D eigenvalue weighted by Crippen LogP contribution is 2.24. The zero-order valence-electron chi connectivity index (χ0n) is 10.5. The Bertz CT molecular complexity index is 664. The predicted molar refractivity (Wildman–Crippen MR) is 82.3 cm³/mol. The van der Waals surface area contributed by atoms with Gasteiger partial charge in [-0.1, -0.05) is 0 Å². The number of anilines is 1. The van der Waals surface area contributed by atoms with Crippen molar-refractivity contribution in [3.8, 4) is 5.75 Å². The highest BCUT2D eigenvalue weighted by Gasteiger charge is 2.13. The monoisotopic (exact) mass is 355 g/mol. The zero-order valence-corrected chi connectivity index (χ0v) is 13.0. The lowest BCUT2D eigenvalue weighted by molar-refractivity contribution is 0.102. The summed E-state index contributed by atoms with van der Waals surface area (Å²) in [5.41, 5.74) is 0.436. The number of halogens is 2. The van der Waals surface area contributed by atoms with Crippen molar-refractivity contribution in [2.45, 2.75) is 4.90 Å². The van der Waals surface area contributed by atoms with Crippen molar-refractivity contribution in [3.63, 3.8) is 0 Å². The number of thiol groups is 1. The highest BCUT2D eigenvalue weighted by atomic mass is 79.9. The van der Waals surface area contributed by atoms with Gasteiger partial charge in [0.15, 0.2) is 0 Å². The smallest absolute Gasteiger partial charge is 0.256 e. The molecule has 0 saturated heterocycles. The van der Waals surface area contributed by atoms with Crippen LogP contribution in [0, 0.1) is 5.82 Å². The normalized spacial score (nSPS) is 10.2. The van der Waals surface area contributed by atoms with Crippen LogP contribution in [0.15, 0.2) is 45.8 Å². The van der Waals surface area contributed by atoms with Crippen molar-refractivity contribution in [2.24, 2.45) is 0 Å². The van der Waals surface area contributed by atoms with E-state index in [0.29, 0.717) is 20.7 Å². The molecule has 0 aromatic heterocycles. The summed E-state index contributed by atoms with van der Waals surface area (Å²) >= 11 is 7.46. The van der Waals surface area contributed by atoms with Crippen LogP contribution in [-0.4, -0.2) is 13.0 Å². The van der Waals surface area contributed by atoms with Gasteiger partial charge in [0, 0.05) is 15.4 Å². The molecule has 0 fully saturated rings. The Morgan fingerprint density at radius 2 is 2.05 bits per heavy atom. The van der Waals surface area contributed by atoms with E-state index in [2.05, 4.69) is 33.9 Å². The molecule has 0 heterocycles. The van der Waals surface area contributed by atoms with Gasteiger partial charge in [-0.05, 0) is 46.3 Å². The van der Waals surface area contributed by atoms with Crippen molar-refractivity contribution in [3.05, 3.63) is 52.3 Å². The molecule has 0 bridgehead atoms. The molecule has 1 N–H and O–H groups in total. The molecule has 0 aliphatic heterocycles. The molecule has 104 valence electrons. The van der Waals surface area contributed by atoms with Gasteiger partial charge in [-0.3, -0.25) is 4.79 Å². The van der Waals surface area contributed by atoms with Gasteiger partial charge in [-0.25, -0.2) is 4.39 Å². The Balaban J connectivity index is 2.30. The molecular weight excluding hydrogens is 345 g/mol. The molecule has 2 aromatic rings. The Morgan fingerprint density at radius 3 is 2.75 bits per heavy atom. The fourth-order valence-electron chi connectivity index (χ4n) is 1.60. The molecule has 2 rings (SSSR count). The van der Waals surface area contributed by atoms with Crippen LogP contribution < -0.4 is 10.1 Å². The number of hydrogen-bond acceptors (Lipinski definition) is 3. The minimum Gasteiger partial charge on any atom is -0.497 e. The van der Waals surface area contributed by atoms with Gasteiger partial charge >= 0.3 is 0 Å². The van der Waals surface area contributed by atoms with Gasteiger partial charge in [-0.2, -0.15) is 0 Å². The summed E-state index contributed by atoms with van der Waals surface area (Å²) in [5.74, 6) is -0.499. The van der Waals surface area contributed by atoms with E-state index in [9.17, 15) is 9.18 Å². The molecule has 20 heavy (non-hydrogen) atoms. The third kappa shape index (κ3) is 3.32. The molecule has 0 aliphatic carbocycles. The summed E-state index contributed by atoms with van der Waals surface area (Å²) in [6.45, 7) is 0. The Hall–Kier alpha value is -1.53. The minimum absolute atomic E-state index is 0.0609. The van der Waals surface area contributed by atoms with Crippen LogP contribution in [-0.2, 0) is 0 Å². The third-order valence-corrected chi connectivity index (χ3v) is 3.59. The second-order valence-corrected chi connectivity index (χ2v) is 5.33. The second-order valence-electron chi connectivity index (χ2n) is 3.96. The lowest BCUT2D eigenvalue weighted by atomic mass is 10.2. The molecule has 0 aliphatic rings. The van der Waals surface area contributed by atoms with Crippen molar-refractivity contribution in [1.82, 2.24) is 0 Å². The van der Waals surface area contributed by atoms with Crippen LogP contribution in [0.25, 0.3) is 0 Å². The number of nitrogens with one attached hydrogen (secondary N) is 1. The standard InChI is InChI=1S/C14H11BrFNO2S/c1-19-8-2-5-12(16)13(6-8)17-14(18)10-7-9(20)3-4-11(10)15/h2-7,20H,1H3,(H,17,18). The van der Waals surface area contributed by atoms with E-state index >= 15 is 0 Å². The van der Waals surface area contributed by atoms with Crippen molar-refractivity contribution >= 4 is 40.2 Å². The maximum absolute atomic E-state index is 13.7. The predicted octanol–water partition coefficient (Wildman–Crippen LogP) is 4.14. The number of benzene rings is 2. The summed E-state index contributed by atoms with van der Waals surface area (Å²) in [5, 5.41) is 2.51. The highest BCUT2D eigenvalue weighted by molar-refractivity contribution is 9.10. The van der Waals surface area contributed by atoms with Crippen molar-refractivity contribution in [1.29, 1.82) is 0 Å². The van der Waals surface area contributed by atoms with E-state index in [1.54, 1.807) is 18.2 Å². The van der Waals surface area contributed by atoms with Gasteiger partial charge in [0.2, 0.25) is 0 Å². The first kappa shape index (κ1) is 14.9. The van der Waals surface area contributed by atoms with E-state index < -0.39 is 11.7 Å². The first-order valence-corrected chi connectivity index (χ1v) is 6.88. The average molecular weight is 356 g/mol. The molecular formula is C14H11BrFNO2S. The van der Waals surface area contributed by atoms with Crippen LogP contribution in [0.2, 0.25) is 0 Å². The number of rotatable bonds is 3. The Labute approximate surface area is 129 Å². The molecule has 0 unspecified atom stereocenters. The molecule has 1 amide bonds. The van der Waals surface area contributed by atoms with E-state index in [0.717, 1.165) is 0 Å². The molecule has 2 aromatic carbocycles. The van der Waals surface area contributed by atoms with E-state index in [-0.39, 0.29) is 5.69 Å². The summed E-state index contributed by atoms with van der Waals surface area (Å²) in [6.07, 6.45) is 0. The second kappa shape index (κ2) is 6.28. The lowest BCUT2D eigenvalue weighted by Crippen LogP contribution is -2.13. The van der Waals surface area contributed by atoms with Crippen LogP contribution in [0.5, 0.6) is 5.75 Å². The van der Waals surface area contributed by atoms with Crippen LogP contribution in [0.1, 0.15) is 10.4 Å². The van der Waals surface area contributed by atoms with Gasteiger partial charge in [-0.15, -0.1) is 12.6 Å². The average Bonchev–Trinajstić information content (AvgIpc) is 2.43. The van der Waals surface area contributed by atoms with Gasteiger partial charge in [0.1, 0.15) is 11.6 Å². The summed E-state index contributed by atoms with van der Waals surface area (Å²) < 4.78 is 19.3. The maximum Gasteiger partial charge on any atom is 0.256 e. The largest absolute Gasteiger partial charge is 0.497 e. The Morgan fingerprint density at radius 1 is 1.30 bits per heavy atom. The number of ether oxygens (including phenoxy) is 1. The van der Waals surface area contributed by atoms with E-state index in [4.69, 9.17) is 4.74 Å². The van der Waals surface area contributed by atoms with Gasteiger partial charge in [0.25, 0.3) is 5.91 Å². The number of methoxy groups -OCH3 is 1. The molecule has 0 radical (unpaired) electrons. The minimum atomic E-state index is -0.530. The number of amides is 1. The molecule has 0 spiro atoms. The molecule has 0 atom stereocenters. The van der Waals surface area contributed by atoms with Crippen molar-refractivity contribution in [2.75, 3.05) is 12.4 Å². The zero-order chi connectivity index (χ0) is 14.7. The van der Waals surface area contributed by atoms with Gasteiger partial charge < -0.3 is 10.1 Å². The van der Waals surface area contributed by atoms with E-state index in [1.165, 1.54) is 25.3 Å². The third-order valence-electron chi connectivity index (χ3n) is 2.62. The SMILES string of the molecule is COc1ccc(F)c(NC(=O)c2cc(S)ccc2Br)c1. The molecule has 0 saturated carbocycles. The topological polar surface area (TPSA) is 38.3 Å². The number of carbonyl (C=O) groups is 1. The molecule has 6 heteroatoms. The summed E-state index contributed by atoms with van der Waals surface area (Å²) in [4.78, 5) is 12.8. The van der Waals surface area contributed by atoms with Crippen molar-refractivity contribution < 1.29 is 13.9 Å². The van der Waals surface area contributed by atoms with Gasteiger partial charge in [0.05, 0.1) is 18.4 Å². The fourth-order valence-corrected chi connectivity index (χ4v) is 2.23. The first-order valence-electron chi connectivity index (χ1n) is 5.64. The number of hydrogen-bond donors (Lipinski definition) is 2. The quantitative estimate of drug-likeness (QED) is 0.812. The number of carbonyl (C=O) groups excluding carboxylic acids is 1. The van der Waals surface area contributed by atoms with Crippen LogP contribution >= 0.6 is 28.6 Å². The van der Waals surface area contributed by atoms with Crippen LogP contribution in [0.3, 0.4) is 0 Å². The summed E-state index contributed by atoms with van der Waals surface area (Å²) in [6, 6.07) is 9.19. The van der Waals surface area contributed by atoms with E-state index in [1.807, 2.05) is 0 Å². The first-order chi connectivity index (χ1) is 9.51. The molecule has 3 nitrogen and oxygen atoms in total.